The Morgan fingerprint density at radius 2 is 1.33 bits per heavy atom. The first-order chi connectivity index (χ1) is 18.0. The van der Waals surface area contributed by atoms with Gasteiger partial charge in [-0.3, -0.25) is 9.59 Å². The first kappa shape index (κ1) is 30.0. The number of hydrogen-bond donors (Lipinski definition) is 2. The van der Waals surface area contributed by atoms with E-state index < -0.39 is 67.1 Å². The van der Waals surface area contributed by atoms with Crippen molar-refractivity contribution in [3.05, 3.63) is 91.6 Å². The normalized spacial score (nSPS) is 12.0. The number of amides is 2. The van der Waals surface area contributed by atoms with Crippen LogP contribution in [0.3, 0.4) is 0 Å². The highest BCUT2D eigenvalue weighted by atomic mass is 79.9. The summed E-state index contributed by atoms with van der Waals surface area (Å²) >= 11 is 5.42. The molecule has 0 aromatic heterocycles. The summed E-state index contributed by atoms with van der Waals surface area (Å²) in [6.07, 6.45) is -12.7. The Morgan fingerprint density at radius 1 is 0.795 bits per heavy atom. The number of carbonyl (C=O) groups is 2. The fourth-order valence-corrected chi connectivity index (χ4v) is 4.64. The van der Waals surface area contributed by atoms with Gasteiger partial charge in [-0.25, -0.2) is 8.78 Å². The van der Waals surface area contributed by atoms with Gasteiger partial charge in [-0.15, -0.1) is 0 Å². The molecule has 15 heteroatoms. The lowest BCUT2D eigenvalue weighted by molar-refractivity contribution is -0.348. The van der Waals surface area contributed by atoms with Gasteiger partial charge in [-0.05, 0) is 80.4 Å². The quantitative estimate of drug-likeness (QED) is 0.267. The van der Waals surface area contributed by atoms with Crippen LogP contribution >= 0.6 is 31.9 Å². The molecular weight excluding hydrogens is 674 g/mol. The zero-order chi connectivity index (χ0) is 29.3. The highest BCUT2D eigenvalue weighted by Gasteiger charge is 2.73. The van der Waals surface area contributed by atoms with Gasteiger partial charge in [0.2, 0.25) is 0 Å². The average Bonchev–Trinajstić information content (AvgIpc) is 2.85. The van der Waals surface area contributed by atoms with E-state index in [0.29, 0.717) is 0 Å². The lowest BCUT2D eigenvalue weighted by Gasteiger charge is -2.31. The van der Waals surface area contributed by atoms with Crippen molar-refractivity contribution < 1.29 is 44.7 Å². The second kappa shape index (κ2) is 10.9. The van der Waals surface area contributed by atoms with Gasteiger partial charge in [0.1, 0.15) is 0 Å². The molecule has 3 rings (SSSR count). The summed E-state index contributed by atoms with van der Waals surface area (Å²) in [6.45, 7) is 0. The van der Waals surface area contributed by atoms with E-state index in [1.807, 2.05) is 6.07 Å². The Labute approximate surface area is 231 Å². The molecule has 0 aliphatic carbocycles. The van der Waals surface area contributed by atoms with Crippen molar-refractivity contribution in [1.82, 2.24) is 0 Å². The molecule has 5 nitrogen and oxygen atoms in total. The van der Waals surface area contributed by atoms with E-state index >= 15 is 4.39 Å². The molecule has 0 heterocycles. The van der Waals surface area contributed by atoms with Gasteiger partial charge < -0.3 is 10.6 Å². The van der Waals surface area contributed by atoms with Gasteiger partial charge in [0.25, 0.3) is 11.8 Å². The van der Waals surface area contributed by atoms with E-state index in [0.717, 1.165) is 12.1 Å². The molecule has 204 valence electrons. The van der Waals surface area contributed by atoms with Crippen LogP contribution < -0.4 is 10.6 Å². The Bertz CT molecular complexity index is 1450. The maximum atomic E-state index is 15.1. The molecule has 0 bridgehead atoms. The summed E-state index contributed by atoms with van der Waals surface area (Å²) in [5.74, 6) is -3.19. The predicted molar refractivity (Wildman–Crippen MR) is 130 cm³/mol. The third-order valence-corrected chi connectivity index (χ3v) is 6.48. The Morgan fingerprint density at radius 3 is 1.82 bits per heavy atom. The molecule has 0 atom stereocenters. The summed E-state index contributed by atoms with van der Waals surface area (Å²) in [7, 11) is 0. The Hall–Kier alpha value is -3.51. The second-order valence-corrected chi connectivity index (χ2v) is 9.44. The highest BCUT2D eigenvalue weighted by molar-refractivity contribution is 9.11. The molecule has 0 fully saturated rings. The number of nitrogens with one attached hydrogen (secondary N) is 2. The molecular formula is C24H11Br2F8N3O2. The van der Waals surface area contributed by atoms with Gasteiger partial charge in [-0.2, -0.15) is 31.6 Å². The number of rotatable bonds is 5. The van der Waals surface area contributed by atoms with E-state index in [2.05, 4.69) is 42.5 Å². The minimum absolute atomic E-state index is 0.0675. The Balaban J connectivity index is 1.90. The third-order valence-electron chi connectivity index (χ3n) is 5.23. The zero-order valence-corrected chi connectivity index (χ0v) is 21.9. The molecule has 2 N–H and O–H groups in total. The van der Waals surface area contributed by atoms with Crippen LogP contribution in [0.5, 0.6) is 0 Å². The molecule has 0 aliphatic heterocycles. The predicted octanol–water partition coefficient (Wildman–Crippen LogP) is 8.02. The van der Waals surface area contributed by atoms with Gasteiger partial charge in [0.15, 0.2) is 5.82 Å². The third kappa shape index (κ3) is 5.91. The van der Waals surface area contributed by atoms with Crippen molar-refractivity contribution in [2.45, 2.75) is 18.0 Å². The van der Waals surface area contributed by atoms with Crippen LogP contribution in [0.4, 0.5) is 46.5 Å². The molecule has 0 radical (unpaired) electrons. The molecule has 2 amide bonds. The van der Waals surface area contributed by atoms with Crippen molar-refractivity contribution in [2.75, 3.05) is 10.6 Å². The summed E-state index contributed by atoms with van der Waals surface area (Å²) in [5, 5.41) is 13.2. The van der Waals surface area contributed by atoms with Gasteiger partial charge in [0.05, 0.1) is 28.6 Å². The minimum Gasteiger partial charge on any atom is -0.320 e. The number of alkyl halides is 7. The molecule has 0 unspecified atom stereocenters. The largest absolute Gasteiger partial charge is 0.435 e. The minimum atomic E-state index is -6.36. The van der Waals surface area contributed by atoms with Crippen LogP contribution in [0.15, 0.2) is 63.5 Å². The molecule has 39 heavy (non-hydrogen) atoms. The molecule has 0 aliphatic rings. The SMILES string of the molecule is N#Cc1ccc(C(=O)Nc2cccc(C(=O)Nc3c(Br)cc(C(F)(C(F)(F)F)C(F)(F)F)cc3Br)c2F)cc1. The van der Waals surface area contributed by atoms with Crippen molar-refractivity contribution in [2.24, 2.45) is 0 Å². The van der Waals surface area contributed by atoms with Gasteiger partial charge >= 0.3 is 18.0 Å². The van der Waals surface area contributed by atoms with Crippen molar-refractivity contribution in [1.29, 1.82) is 5.26 Å². The summed E-state index contributed by atoms with van der Waals surface area (Å²) < 4.78 is 107. The highest BCUT2D eigenvalue weighted by Crippen LogP contribution is 2.54. The lowest BCUT2D eigenvalue weighted by atomic mass is 9.94. The zero-order valence-electron chi connectivity index (χ0n) is 18.7. The molecule has 3 aromatic carbocycles. The van der Waals surface area contributed by atoms with Crippen LogP contribution in [0.25, 0.3) is 0 Å². The molecule has 0 saturated heterocycles. The van der Waals surface area contributed by atoms with Crippen LogP contribution in [-0.4, -0.2) is 24.2 Å². The van der Waals surface area contributed by atoms with Crippen LogP contribution in [0.1, 0.15) is 31.8 Å². The number of benzene rings is 3. The first-order valence-electron chi connectivity index (χ1n) is 10.2. The van der Waals surface area contributed by atoms with E-state index in [1.165, 1.54) is 30.3 Å². The van der Waals surface area contributed by atoms with Crippen molar-refractivity contribution in [3.63, 3.8) is 0 Å². The van der Waals surface area contributed by atoms with Crippen LogP contribution in [-0.2, 0) is 5.67 Å². The van der Waals surface area contributed by atoms with Crippen molar-refractivity contribution >= 4 is 55.0 Å². The van der Waals surface area contributed by atoms with Crippen LogP contribution in [0.2, 0.25) is 0 Å². The van der Waals surface area contributed by atoms with E-state index in [4.69, 9.17) is 5.26 Å². The maximum Gasteiger partial charge on any atom is 0.435 e. The van der Waals surface area contributed by atoms with Gasteiger partial charge in [0, 0.05) is 20.1 Å². The van der Waals surface area contributed by atoms with Crippen molar-refractivity contribution in [3.8, 4) is 6.07 Å². The number of hydrogen-bond acceptors (Lipinski definition) is 3. The number of nitrogens with zero attached hydrogens (tertiary/aromatic N) is 1. The topological polar surface area (TPSA) is 82.0 Å². The summed E-state index contributed by atoms with van der Waals surface area (Å²) in [5.41, 5.74) is -8.71. The summed E-state index contributed by atoms with van der Waals surface area (Å²) in [6, 6.07) is 10.9. The fraction of sp³-hybridized carbons (Fsp3) is 0.125. The first-order valence-corrected chi connectivity index (χ1v) is 11.8. The second-order valence-electron chi connectivity index (χ2n) is 7.73. The lowest BCUT2D eigenvalue weighted by Crippen LogP contribution is -2.50. The van der Waals surface area contributed by atoms with Crippen LogP contribution in [0, 0.1) is 17.1 Å². The molecule has 3 aromatic rings. The number of carbonyl (C=O) groups excluding carboxylic acids is 2. The number of anilines is 2. The number of halogens is 10. The molecule has 0 saturated carbocycles. The van der Waals surface area contributed by atoms with E-state index in [-0.39, 0.29) is 23.3 Å². The molecule has 0 spiro atoms. The monoisotopic (exact) mass is 683 g/mol. The van der Waals surface area contributed by atoms with Gasteiger partial charge in [-0.1, -0.05) is 6.07 Å². The average molecular weight is 685 g/mol. The summed E-state index contributed by atoms with van der Waals surface area (Å²) in [4.78, 5) is 25.2. The smallest absolute Gasteiger partial charge is 0.320 e. The fourth-order valence-electron chi connectivity index (χ4n) is 3.25. The standard InChI is InChI=1S/C24H11Br2F8N3O2/c25-15-8-13(22(28,23(29,30)31)24(32,33)34)9-16(26)19(15)37-21(39)14-2-1-3-17(18(14)27)36-20(38)12-6-4-11(10-35)5-7-12/h1-9H,(H,36,38)(H,37,39). The van der Waals surface area contributed by atoms with E-state index in [1.54, 1.807) is 0 Å². The Kier molecular flexibility index (Phi) is 8.42. The van der Waals surface area contributed by atoms with E-state index in [9.17, 15) is 40.3 Å². The number of nitriles is 1. The maximum absolute atomic E-state index is 15.1.